The maximum absolute atomic E-state index is 12.7. The molecule has 0 spiro atoms. The van der Waals surface area contributed by atoms with Gasteiger partial charge in [0.25, 0.3) is 0 Å². The molecule has 0 bridgehead atoms. The van der Waals surface area contributed by atoms with Crippen LogP contribution in [0.3, 0.4) is 0 Å². The van der Waals surface area contributed by atoms with Crippen LogP contribution in [0.5, 0.6) is 0 Å². The maximum atomic E-state index is 12.7. The third-order valence-corrected chi connectivity index (χ3v) is 5.50. The zero-order valence-electron chi connectivity index (χ0n) is 12.9. The van der Waals surface area contributed by atoms with E-state index < -0.39 is 5.54 Å². The van der Waals surface area contributed by atoms with Crippen LogP contribution in [0.15, 0.2) is 29.6 Å². The van der Waals surface area contributed by atoms with E-state index >= 15 is 0 Å². The number of likely N-dealkylation sites (N-methyl/N-ethyl adjacent to an activating group) is 1. The molecule has 1 aromatic heterocycles. The minimum Gasteiger partial charge on any atom is -0.340 e. The van der Waals surface area contributed by atoms with Gasteiger partial charge in [0.15, 0.2) is 0 Å². The van der Waals surface area contributed by atoms with Gasteiger partial charge in [0.05, 0.1) is 5.54 Å². The molecular formula is C17H23ClN2OS. The molecule has 0 radical (unpaired) electrons. The summed E-state index contributed by atoms with van der Waals surface area (Å²) in [7, 11) is 1.87. The number of thiophene rings is 1. The molecule has 0 aliphatic heterocycles. The first-order valence-corrected chi connectivity index (χ1v) is 8.48. The molecule has 5 heteroatoms. The highest BCUT2D eigenvalue weighted by atomic mass is 35.5. The lowest BCUT2D eigenvalue weighted by atomic mass is 9.81. The number of halogens is 1. The molecule has 2 aromatic rings. The highest BCUT2D eigenvalue weighted by Crippen LogP contribution is 2.30. The maximum Gasteiger partial charge on any atom is 0.242 e. The summed E-state index contributed by atoms with van der Waals surface area (Å²) in [5.41, 5.74) is 6.93. The van der Waals surface area contributed by atoms with Crippen molar-refractivity contribution >= 4 is 39.7 Å². The Morgan fingerprint density at radius 3 is 2.68 bits per heavy atom. The summed E-state index contributed by atoms with van der Waals surface area (Å²) in [4.78, 5) is 14.5. The second-order valence-corrected chi connectivity index (χ2v) is 7.05. The van der Waals surface area contributed by atoms with Crippen LogP contribution < -0.4 is 5.73 Å². The summed E-state index contributed by atoms with van der Waals surface area (Å²) in [6.45, 7) is 0.641. The summed E-state index contributed by atoms with van der Waals surface area (Å²) >= 11 is 1.73. The first-order valence-electron chi connectivity index (χ1n) is 7.60. The van der Waals surface area contributed by atoms with E-state index in [0.717, 1.165) is 25.7 Å². The van der Waals surface area contributed by atoms with Crippen LogP contribution in [-0.2, 0) is 11.3 Å². The van der Waals surface area contributed by atoms with Crippen molar-refractivity contribution < 1.29 is 4.79 Å². The van der Waals surface area contributed by atoms with E-state index in [-0.39, 0.29) is 18.3 Å². The molecule has 1 aromatic carbocycles. The van der Waals surface area contributed by atoms with Gasteiger partial charge in [0.2, 0.25) is 5.91 Å². The normalized spacial score (nSPS) is 17.0. The summed E-state index contributed by atoms with van der Waals surface area (Å²) in [6.07, 6.45) is 4.97. The van der Waals surface area contributed by atoms with Gasteiger partial charge >= 0.3 is 0 Å². The monoisotopic (exact) mass is 338 g/mol. The number of hydrogen-bond donors (Lipinski definition) is 1. The molecule has 2 N–H and O–H groups in total. The third kappa shape index (κ3) is 3.29. The number of amides is 1. The van der Waals surface area contributed by atoms with Crippen LogP contribution in [0.4, 0.5) is 0 Å². The largest absolute Gasteiger partial charge is 0.340 e. The fraction of sp³-hybridized carbons (Fsp3) is 0.471. The molecular weight excluding hydrogens is 316 g/mol. The lowest BCUT2D eigenvalue weighted by Crippen LogP contribution is -2.55. The van der Waals surface area contributed by atoms with Crippen molar-refractivity contribution in [3.05, 3.63) is 35.2 Å². The Bertz CT molecular complexity index is 649. The van der Waals surface area contributed by atoms with Crippen molar-refractivity contribution in [3.63, 3.8) is 0 Å². The van der Waals surface area contributed by atoms with Gasteiger partial charge in [-0.25, -0.2) is 0 Å². The van der Waals surface area contributed by atoms with Crippen molar-refractivity contribution in [3.8, 4) is 0 Å². The predicted molar refractivity (Wildman–Crippen MR) is 95.6 cm³/mol. The standard InChI is InChI=1S/C17H22N2OS.ClH/c1-19(16(20)17(18)9-5-2-6-10-17)11-13-12-21-15-8-4-3-7-14(13)15;/h3-4,7-8,12H,2,5-6,9-11,18H2,1H3;1H. The van der Waals surface area contributed by atoms with Crippen molar-refractivity contribution in [2.45, 2.75) is 44.2 Å². The topological polar surface area (TPSA) is 46.3 Å². The van der Waals surface area contributed by atoms with E-state index in [1.165, 1.54) is 22.1 Å². The molecule has 1 heterocycles. The van der Waals surface area contributed by atoms with Crippen LogP contribution in [0.25, 0.3) is 10.1 Å². The summed E-state index contributed by atoms with van der Waals surface area (Å²) < 4.78 is 1.27. The van der Waals surface area contributed by atoms with Crippen LogP contribution >= 0.6 is 23.7 Å². The van der Waals surface area contributed by atoms with Gasteiger partial charge in [-0.2, -0.15) is 0 Å². The molecule has 0 unspecified atom stereocenters. The number of nitrogens with two attached hydrogens (primary N) is 1. The van der Waals surface area contributed by atoms with Gasteiger partial charge in [0, 0.05) is 18.3 Å². The van der Waals surface area contributed by atoms with E-state index in [2.05, 4.69) is 17.5 Å². The van der Waals surface area contributed by atoms with E-state index in [0.29, 0.717) is 6.54 Å². The minimum atomic E-state index is -0.640. The van der Waals surface area contributed by atoms with Crippen molar-refractivity contribution in [1.29, 1.82) is 0 Å². The molecule has 1 amide bonds. The highest BCUT2D eigenvalue weighted by Gasteiger charge is 2.37. The van der Waals surface area contributed by atoms with E-state index in [4.69, 9.17) is 5.73 Å². The number of rotatable bonds is 3. The second kappa shape index (κ2) is 6.99. The van der Waals surface area contributed by atoms with Gasteiger partial charge in [-0.15, -0.1) is 23.7 Å². The lowest BCUT2D eigenvalue weighted by molar-refractivity contribution is -0.137. The average Bonchev–Trinajstić information content (AvgIpc) is 2.90. The van der Waals surface area contributed by atoms with E-state index in [9.17, 15) is 4.79 Å². The molecule has 1 fully saturated rings. The molecule has 1 aliphatic rings. The first kappa shape index (κ1) is 17.3. The molecule has 3 nitrogen and oxygen atoms in total. The Balaban J connectivity index is 0.00000176. The minimum absolute atomic E-state index is 0. The Morgan fingerprint density at radius 2 is 1.95 bits per heavy atom. The highest BCUT2D eigenvalue weighted by molar-refractivity contribution is 7.17. The Labute approximate surface area is 141 Å². The number of carbonyl (C=O) groups excluding carboxylic acids is 1. The van der Waals surface area contributed by atoms with Gasteiger partial charge in [0.1, 0.15) is 0 Å². The number of carbonyl (C=O) groups is 1. The van der Waals surface area contributed by atoms with E-state index in [1.54, 1.807) is 16.2 Å². The predicted octanol–water partition coefficient (Wildman–Crippen LogP) is 3.94. The summed E-state index contributed by atoms with van der Waals surface area (Å²) in [5.74, 6) is 0.0949. The summed E-state index contributed by atoms with van der Waals surface area (Å²) in [5, 5.41) is 3.40. The van der Waals surface area contributed by atoms with Crippen LogP contribution in [0.1, 0.15) is 37.7 Å². The smallest absolute Gasteiger partial charge is 0.242 e. The van der Waals surface area contributed by atoms with E-state index in [1.807, 2.05) is 19.2 Å². The van der Waals surface area contributed by atoms with Crippen molar-refractivity contribution in [2.75, 3.05) is 7.05 Å². The van der Waals surface area contributed by atoms with Gasteiger partial charge in [-0.3, -0.25) is 4.79 Å². The number of hydrogen-bond acceptors (Lipinski definition) is 3. The molecule has 3 rings (SSSR count). The quantitative estimate of drug-likeness (QED) is 0.921. The fourth-order valence-electron chi connectivity index (χ4n) is 3.26. The van der Waals surface area contributed by atoms with Crippen molar-refractivity contribution in [1.82, 2.24) is 4.90 Å². The van der Waals surface area contributed by atoms with Crippen LogP contribution in [0.2, 0.25) is 0 Å². The van der Waals surface area contributed by atoms with Crippen molar-refractivity contribution in [2.24, 2.45) is 5.73 Å². The zero-order valence-corrected chi connectivity index (χ0v) is 14.5. The molecule has 1 aliphatic carbocycles. The number of fused-ring (bicyclic) bond motifs is 1. The van der Waals surface area contributed by atoms with Gasteiger partial charge in [-0.1, -0.05) is 37.5 Å². The Hall–Kier alpha value is -1.10. The Kier molecular flexibility index (Phi) is 5.48. The SMILES string of the molecule is CN(Cc1csc2ccccc12)C(=O)C1(N)CCCCC1.Cl. The second-order valence-electron chi connectivity index (χ2n) is 6.14. The van der Waals surface area contributed by atoms with Gasteiger partial charge < -0.3 is 10.6 Å². The molecule has 1 saturated carbocycles. The number of benzene rings is 1. The molecule has 0 atom stereocenters. The zero-order chi connectivity index (χ0) is 14.9. The third-order valence-electron chi connectivity index (χ3n) is 4.49. The first-order chi connectivity index (χ1) is 10.1. The van der Waals surface area contributed by atoms with Crippen LogP contribution in [0, 0.1) is 0 Å². The number of nitrogens with zero attached hydrogens (tertiary/aromatic N) is 1. The lowest BCUT2D eigenvalue weighted by Gasteiger charge is -2.35. The fourth-order valence-corrected chi connectivity index (χ4v) is 4.21. The molecule has 120 valence electrons. The summed E-state index contributed by atoms with van der Waals surface area (Å²) in [6, 6.07) is 8.34. The molecule has 0 saturated heterocycles. The average molecular weight is 339 g/mol. The molecule has 22 heavy (non-hydrogen) atoms. The van der Waals surface area contributed by atoms with Gasteiger partial charge in [-0.05, 0) is 35.2 Å². The van der Waals surface area contributed by atoms with Crippen LogP contribution in [-0.4, -0.2) is 23.4 Å². The Morgan fingerprint density at radius 1 is 1.27 bits per heavy atom.